The monoisotopic (exact) mass is 454 g/mol. The fourth-order valence-electron chi connectivity index (χ4n) is 2.61. The van der Waals surface area contributed by atoms with Crippen LogP contribution < -0.4 is 11.1 Å². The zero-order valence-electron chi connectivity index (χ0n) is 14.1. The van der Waals surface area contributed by atoms with Crippen molar-refractivity contribution in [3.63, 3.8) is 0 Å². The Bertz CT molecular complexity index is 1070. The summed E-state index contributed by atoms with van der Waals surface area (Å²) in [6, 6.07) is 11.3. The number of aliphatic hydroxyl groups is 1. The predicted molar refractivity (Wildman–Crippen MR) is 114 cm³/mol. The smallest absolute Gasteiger partial charge is 0.267 e. The van der Waals surface area contributed by atoms with Gasteiger partial charge in [-0.2, -0.15) is 0 Å². The van der Waals surface area contributed by atoms with Crippen LogP contribution in [0.1, 0.15) is 24.9 Å². The minimum absolute atomic E-state index is 0.0564. The van der Waals surface area contributed by atoms with Crippen LogP contribution in [0.4, 0.5) is 5.69 Å². The predicted octanol–water partition coefficient (Wildman–Crippen LogP) is 5.22. The third-order valence-corrected chi connectivity index (χ3v) is 5.86. The number of aliphatic hydroxyl groups excluding tert-OH is 1. The molecule has 2 aromatic carbocycles. The number of carbonyl (C=O) groups excluding carboxylic acids is 2. The molecule has 5 nitrogen and oxygen atoms in total. The Balaban J connectivity index is 2.12. The number of carbonyl (C=O) groups is 2. The second-order valence-corrected chi connectivity index (χ2v) is 8.17. The van der Waals surface area contributed by atoms with Crippen LogP contribution >= 0.6 is 46.1 Å². The van der Waals surface area contributed by atoms with E-state index in [1.165, 1.54) is 12.1 Å². The third kappa shape index (κ3) is 4.32. The van der Waals surface area contributed by atoms with Gasteiger partial charge in [-0.1, -0.05) is 46.9 Å². The molecular weight excluding hydrogens is 443 g/mol. The van der Waals surface area contributed by atoms with Crippen LogP contribution in [0.15, 0.2) is 42.5 Å². The Kier molecular flexibility index (Phi) is 6.27. The molecule has 3 aromatic rings. The van der Waals surface area contributed by atoms with E-state index in [1.807, 2.05) is 0 Å². The van der Waals surface area contributed by atoms with E-state index in [0.29, 0.717) is 21.0 Å². The highest BCUT2D eigenvalue weighted by atomic mass is 35.5. The summed E-state index contributed by atoms with van der Waals surface area (Å²) in [5.41, 5.74) is 6.94. The van der Waals surface area contributed by atoms with Crippen molar-refractivity contribution in [2.24, 2.45) is 5.73 Å². The van der Waals surface area contributed by atoms with E-state index in [9.17, 15) is 14.7 Å². The summed E-state index contributed by atoms with van der Waals surface area (Å²) in [6.45, 7) is -0.235. The van der Waals surface area contributed by atoms with Gasteiger partial charge < -0.3 is 16.2 Å². The van der Waals surface area contributed by atoms with Gasteiger partial charge in [-0.15, -0.1) is 11.3 Å². The van der Waals surface area contributed by atoms with Crippen molar-refractivity contribution in [2.45, 2.75) is 6.61 Å². The molecule has 9 heteroatoms. The zero-order chi connectivity index (χ0) is 20.4. The molecule has 144 valence electrons. The first-order chi connectivity index (χ1) is 13.3. The molecule has 0 spiro atoms. The maximum absolute atomic E-state index is 12.8. The van der Waals surface area contributed by atoms with Crippen LogP contribution in [0.25, 0.3) is 11.1 Å². The number of amides is 2. The first-order valence-corrected chi connectivity index (χ1v) is 9.85. The largest absolute Gasteiger partial charge is 0.391 e. The lowest BCUT2D eigenvalue weighted by Gasteiger charge is -2.15. The highest BCUT2D eigenvalue weighted by Gasteiger charge is 2.21. The van der Waals surface area contributed by atoms with Gasteiger partial charge in [0.1, 0.15) is 4.88 Å². The average Bonchev–Trinajstić information content (AvgIpc) is 3.04. The minimum atomic E-state index is -0.749. The Hall–Kier alpha value is -2.09. The van der Waals surface area contributed by atoms with E-state index in [2.05, 4.69) is 5.32 Å². The molecule has 0 aliphatic carbocycles. The topological polar surface area (TPSA) is 92.4 Å². The summed E-state index contributed by atoms with van der Waals surface area (Å²) in [7, 11) is 0. The summed E-state index contributed by atoms with van der Waals surface area (Å²) < 4.78 is 0. The van der Waals surface area contributed by atoms with Gasteiger partial charge in [0.15, 0.2) is 0 Å². The van der Waals surface area contributed by atoms with Crippen LogP contribution in [0.2, 0.25) is 15.1 Å². The number of anilines is 1. The van der Waals surface area contributed by atoms with Gasteiger partial charge >= 0.3 is 0 Å². The van der Waals surface area contributed by atoms with Crippen LogP contribution in [-0.4, -0.2) is 16.9 Å². The number of thiophene rings is 1. The van der Waals surface area contributed by atoms with Gasteiger partial charge in [-0.25, -0.2) is 0 Å². The number of hydrogen-bond donors (Lipinski definition) is 3. The van der Waals surface area contributed by atoms with Gasteiger partial charge in [0, 0.05) is 20.5 Å². The fourth-order valence-corrected chi connectivity index (χ4v) is 4.16. The van der Waals surface area contributed by atoms with E-state index < -0.39 is 11.8 Å². The van der Waals surface area contributed by atoms with Crippen molar-refractivity contribution in [1.82, 2.24) is 0 Å². The van der Waals surface area contributed by atoms with Gasteiger partial charge in [0.05, 0.1) is 22.9 Å². The molecule has 0 saturated heterocycles. The number of hydrogen-bond acceptors (Lipinski definition) is 4. The van der Waals surface area contributed by atoms with Crippen LogP contribution in [-0.2, 0) is 6.61 Å². The van der Waals surface area contributed by atoms with Crippen molar-refractivity contribution >= 4 is 63.6 Å². The molecule has 0 unspecified atom stereocenters. The van der Waals surface area contributed by atoms with Crippen molar-refractivity contribution in [3.05, 3.63) is 72.9 Å². The molecule has 2 amide bonds. The number of nitrogens with two attached hydrogens (primary N) is 1. The van der Waals surface area contributed by atoms with E-state index in [1.54, 1.807) is 30.3 Å². The maximum Gasteiger partial charge on any atom is 0.267 e. The third-order valence-electron chi connectivity index (χ3n) is 3.86. The molecule has 0 fully saturated rings. The average molecular weight is 456 g/mol. The van der Waals surface area contributed by atoms with Crippen LogP contribution in [0.5, 0.6) is 0 Å². The first kappa shape index (κ1) is 20.6. The highest BCUT2D eigenvalue weighted by molar-refractivity contribution is 7.14. The molecule has 0 aliphatic rings. The summed E-state index contributed by atoms with van der Waals surface area (Å²) in [5.74, 6) is -1.28. The summed E-state index contributed by atoms with van der Waals surface area (Å²) in [6.07, 6.45) is 0. The summed E-state index contributed by atoms with van der Waals surface area (Å²) in [4.78, 5) is 25.5. The van der Waals surface area contributed by atoms with Crippen LogP contribution in [0, 0.1) is 0 Å². The molecule has 0 saturated carbocycles. The zero-order valence-corrected chi connectivity index (χ0v) is 17.2. The van der Waals surface area contributed by atoms with Crippen molar-refractivity contribution < 1.29 is 14.7 Å². The quantitative estimate of drug-likeness (QED) is 0.492. The minimum Gasteiger partial charge on any atom is -0.391 e. The molecule has 0 radical (unpaired) electrons. The maximum atomic E-state index is 12.8. The fraction of sp³-hybridized carbons (Fsp3) is 0.0526. The molecule has 0 aliphatic heterocycles. The van der Waals surface area contributed by atoms with Gasteiger partial charge in [0.2, 0.25) is 0 Å². The Labute approximate surface area is 179 Å². The molecule has 3 rings (SSSR count). The van der Waals surface area contributed by atoms with Crippen molar-refractivity contribution in [3.8, 4) is 11.1 Å². The second-order valence-electron chi connectivity index (χ2n) is 5.75. The van der Waals surface area contributed by atoms with E-state index >= 15 is 0 Å². The molecule has 28 heavy (non-hydrogen) atoms. The molecule has 1 aromatic heterocycles. The number of rotatable bonds is 5. The van der Waals surface area contributed by atoms with Gasteiger partial charge in [0.25, 0.3) is 11.8 Å². The Morgan fingerprint density at radius 2 is 1.71 bits per heavy atom. The van der Waals surface area contributed by atoms with Gasteiger partial charge in [-0.05, 0) is 35.9 Å². The number of primary amides is 1. The molecular formula is C19H13Cl3N2O3S. The summed E-state index contributed by atoms with van der Waals surface area (Å²) >= 11 is 19.3. The summed E-state index contributed by atoms with van der Waals surface area (Å²) in [5, 5.41) is 13.0. The number of benzene rings is 2. The number of halogens is 3. The number of nitrogens with one attached hydrogen (secondary N) is 1. The molecule has 0 atom stereocenters. The molecule has 1 heterocycles. The first-order valence-electron chi connectivity index (χ1n) is 7.90. The lowest BCUT2D eigenvalue weighted by molar-refractivity contribution is 0.100. The van der Waals surface area contributed by atoms with Crippen molar-refractivity contribution in [2.75, 3.05) is 5.32 Å². The highest BCUT2D eigenvalue weighted by Crippen LogP contribution is 2.36. The molecule has 4 N–H and O–H groups in total. The van der Waals surface area contributed by atoms with E-state index in [0.717, 1.165) is 11.3 Å². The lowest BCUT2D eigenvalue weighted by Crippen LogP contribution is -2.19. The second kappa shape index (κ2) is 8.51. The SMILES string of the molecule is NC(=O)c1cc(Cl)cc(-c2ccc(Cl)cc2)c1NC(=O)c1sc(CO)cc1Cl. The normalized spacial score (nSPS) is 10.7. The standard InChI is InChI=1S/C19H13Cl3N2O3S/c20-10-3-1-9(2-4-10)13-5-11(21)6-14(18(23)26)16(13)24-19(27)17-15(22)7-12(8-25)28-17/h1-7,25H,8H2,(H2,23,26)(H,24,27). The Morgan fingerprint density at radius 1 is 1.04 bits per heavy atom. The van der Waals surface area contributed by atoms with E-state index in [-0.39, 0.29) is 32.8 Å². The lowest BCUT2D eigenvalue weighted by atomic mass is 9.99. The molecule has 0 bridgehead atoms. The van der Waals surface area contributed by atoms with Crippen molar-refractivity contribution in [1.29, 1.82) is 0 Å². The van der Waals surface area contributed by atoms with Gasteiger partial charge in [-0.3, -0.25) is 9.59 Å². The van der Waals surface area contributed by atoms with Crippen LogP contribution in [0.3, 0.4) is 0 Å². The van der Waals surface area contributed by atoms with E-state index in [4.69, 9.17) is 40.5 Å². The Morgan fingerprint density at radius 3 is 2.29 bits per heavy atom.